The van der Waals surface area contributed by atoms with Crippen LogP contribution in [0, 0.1) is 0 Å². The molecule has 4 heteroatoms. The number of hydrogen-bond acceptors (Lipinski definition) is 3. The van der Waals surface area contributed by atoms with Gasteiger partial charge in [0.15, 0.2) is 0 Å². The molecule has 1 rings (SSSR count). The molecule has 0 amide bonds. The Hall–Kier alpha value is -1.55. The molecule has 0 fully saturated rings. The van der Waals surface area contributed by atoms with E-state index in [0.717, 1.165) is 18.7 Å². The van der Waals surface area contributed by atoms with Gasteiger partial charge in [-0.05, 0) is 45.0 Å². The Morgan fingerprint density at radius 1 is 1.32 bits per heavy atom. The smallest absolute Gasteiger partial charge is 0.305 e. The number of carboxylic acids is 1. The number of likely N-dealkylation sites (N-methyl/N-ethyl adjacent to an activating group) is 1. The average Bonchev–Trinajstić information content (AvgIpc) is 2.35. The minimum atomic E-state index is -0.763. The van der Waals surface area contributed by atoms with Gasteiger partial charge in [-0.25, -0.2) is 0 Å². The maximum absolute atomic E-state index is 10.8. The van der Waals surface area contributed by atoms with Crippen molar-refractivity contribution in [3.63, 3.8) is 0 Å². The highest BCUT2D eigenvalue weighted by Gasteiger charge is 2.26. The SMILES string of the molecule is COc1ccc(CCN(C)C(C)(C)CC(=O)O)cc1. The number of rotatable bonds is 7. The number of hydrogen-bond donors (Lipinski definition) is 1. The van der Waals surface area contributed by atoms with Crippen LogP contribution >= 0.6 is 0 Å². The summed E-state index contributed by atoms with van der Waals surface area (Å²) in [5.74, 6) is 0.0876. The van der Waals surface area contributed by atoms with E-state index in [9.17, 15) is 4.79 Å². The van der Waals surface area contributed by atoms with Crippen molar-refractivity contribution in [2.24, 2.45) is 0 Å². The zero-order chi connectivity index (χ0) is 14.5. The van der Waals surface area contributed by atoms with Gasteiger partial charge in [0, 0.05) is 12.1 Å². The van der Waals surface area contributed by atoms with Crippen molar-refractivity contribution in [3.8, 4) is 5.75 Å². The summed E-state index contributed by atoms with van der Waals surface area (Å²) in [5.41, 5.74) is 0.886. The van der Waals surface area contributed by atoms with Crippen LogP contribution in [0.2, 0.25) is 0 Å². The number of nitrogens with zero attached hydrogens (tertiary/aromatic N) is 1. The Morgan fingerprint density at radius 2 is 1.89 bits per heavy atom. The standard InChI is InChI=1S/C15H23NO3/c1-15(2,11-14(17)18)16(3)10-9-12-5-7-13(19-4)8-6-12/h5-8H,9-11H2,1-4H3,(H,17,18). The minimum Gasteiger partial charge on any atom is -0.497 e. The van der Waals surface area contributed by atoms with Crippen molar-refractivity contribution < 1.29 is 14.6 Å². The van der Waals surface area contributed by atoms with E-state index in [2.05, 4.69) is 4.90 Å². The van der Waals surface area contributed by atoms with Crippen molar-refractivity contribution in [1.82, 2.24) is 4.90 Å². The van der Waals surface area contributed by atoms with Crippen molar-refractivity contribution >= 4 is 5.97 Å². The number of benzene rings is 1. The maximum atomic E-state index is 10.8. The van der Waals surface area contributed by atoms with Gasteiger partial charge >= 0.3 is 5.97 Å². The third kappa shape index (κ3) is 4.91. The first-order valence-electron chi connectivity index (χ1n) is 6.41. The predicted octanol–water partition coefficient (Wildman–Crippen LogP) is 2.42. The second-order valence-corrected chi connectivity index (χ2v) is 5.40. The summed E-state index contributed by atoms with van der Waals surface area (Å²) in [6.07, 6.45) is 1.04. The van der Waals surface area contributed by atoms with Gasteiger partial charge in [-0.1, -0.05) is 12.1 Å². The molecule has 0 aromatic heterocycles. The van der Waals surface area contributed by atoms with Crippen LogP contribution in [0.1, 0.15) is 25.8 Å². The molecular formula is C15H23NO3. The van der Waals surface area contributed by atoms with Crippen LogP contribution in [0.3, 0.4) is 0 Å². The molecule has 0 bridgehead atoms. The highest BCUT2D eigenvalue weighted by molar-refractivity contribution is 5.68. The second-order valence-electron chi connectivity index (χ2n) is 5.40. The number of carbonyl (C=O) groups is 1. The summed E-state index contributed by atoms with van der Waals surface area (Å²) < 4.78 is 5.12. The normalized spacial score (nSPS) is 11.6. The van der Waals surface area contributed by atoms with Crippen molar-refractivity contribution in [3.05, 3.63) is 29.8 Å². The van der Waals surface area contributed by atoms with E-state index in [4.69, 9.17) is 9.84 Å². The van der Waals surface area contributed by atoms with Crippen LogP contribution in [0.25, 0.3) is 0 Å². The van der Waals surface area contributed by atoms with Crippen LogP contribution in [0.15, 0.2) is 24.3 Å². The summed E-state index contributed by atoms with van der Waals surface area (Å²) in [6, 6.07) is 7.96. The fourth-order valence-corrected chi connectivity index (χ4v) is 1.90. The zero-order valence-corrected chi connectivity index (χ0v) is 12.1. The Morgan fingerprint density at radius 3 is 2.37 bits per heavy atom. The lowest BCUT2D eigenvalue weighted by molar-refractivity contribution is -0.139. The molecule has 0 spiro atoms. The molecule has 1 N–H and O–H groups in total. The molecule has 0 saturated carbocycles. The lowest BCUT2D eigenvalue weighted by Gasteiger charge is -2.34. The minimum absolute atomic E-state index is 0.145. The van der Waals surface area contributed by atoms with Crippen molar-refractivity contribution in [2.75, 3.05) is 20.7 Å². The van der Waals surface area contributed by atoms with Gasteiger partial charge in [-0.3, -0.25) is 4.79 Å². The van der Waals surface area contributed by atoms with Crippen molar-refractivity contribution in [1.29, 1.82) is 0 Å². The fourth-order valence-electron chi connectivity index (χ4n) is 1.90. The molecule has 0 saturated heterocycles. The molecular weight excluding hydrogens is 242 g/mol. The largest absolute Gasteiger partial charge is 0.497 e. The van der Waals surface area contributed by atoms with Crippen LogP contribution in [0.4, 0.5) is 0 Å². The molecule has 0 aliphatic carbocycles. The third-order valence-electron chi connectivity index (χ3n) is 3.51. The monoisotopic (exact) mass is 265 g/mol. The molecule has 0 aliphatic rings. The summed E-state index contributed by atoms with van der Waals surface area (Å²) in [6.45, 7) is 4.73. The molecule has 0 radical (unpaired) electrons. The Balaban J connectivity index is 2.52. The van der Waals surface area contributed by atoms with E-state index in [-0.39, 0.29) is 12.0 Å². The maximum Gasteiger partial charge on any atom is 0.305 e. The number of methoxy groups -OCH3 is 1. The van der Waals surface area contributed by atoms with Gasteiger partial charge in [0.25, 0.3) is 0 Å². The molecule has 0 unspecified atom stereocenters. The number of aliphatic carboxylic acids is 1. The molecule has 4 nitrogen and oxygen atoms in total. The molecule has 1 aromatic rings. The Labute approximate surface area is 115 Å². The van der Waals surface area contributed by atoms with E-state index in [0.29, 0.717) is 0 Å². The number of carboxylic acid groups (broad SMARTS) is 1. The lowest BCUT2D eigenvalue weighted by atomic mass is 9.98. The highest BCUT2D eigenvalue weighted by Crippen LogP contribution is 2.18. The molecule has 106 valence electrons. The second kappa shape index (κ2) is 6.57. The fraction of sp³-hybridized carbons (Fsp3) is 0.533. The summed E-state index contributed by atoms with van der Waals surface area (Å²) in [7, 11) is 3.61. The van der Waals surface area contributed by atoms with Gasteiger partial charge in [0.05, 0.1) is 13.5 Å². The number of ether oxygens (including phenoxy) is 1. The molecule has 19 heavy (non-hydrogen) atoms. The van der Waals surface area contributed by atoms with E-state index < -0.39 is 5.97 Å². The lowest BCUT2D eigenvalue weighted by Crippen LogP contribution is -2.43. The van der Waals surface area contributed by atoms with E-state index in [1.54, 1.807) is 7.11 Å². The van der Waals surface area contributed by atoms with Gasteiger partial charge in [0.1, 0.15) is 5.75 Å². The highest BCUT2D eigenvalue weighted by atomic mass is 16.5. The van der Waals surface area contributed by atoms with Gasteiger partial charge in [0.2, 0.25) is 0 Å². The summed E-state index contributed by atoms with van der Waals surface area (Å²) >= 11 is 0. The predicted molar refractivity (Wildman–Crippen MR) is 75.7 cm³/mol. The van der Waals surface area contributed by atoms with Crippen LogP contribution in [0.5, 0.6) is 5.75 Å². The molecule has 0 atom stereocenters. The zero-order valence-electron chi connectivity index (χ0n) is 12.1. The first-order valence-corrected chi connectivity index (χ1v) is 6.41. The summed E-state index contributed by atoms with van der Waals surface area (Å²) in [5, 5.41) is 8.90. The van der Waals surface area contributed by atoms with Crippen LogP contribution < -0.4 is 4.74 Å². The van der Waals surface area contributed by atoms with Crippen LogP contribution in [-0.4, -0.2) is 42.2 Å². The van der Waals surface area contributed by atoms with Crippen LogP contribution in [-0.2, 0) is 11.2 Å². The van der Waals surface area contributed by atoms with E-state index in [1.807, 2.05) is 45.2 Å². The van der Waals surface area contributed by atoms with Gasteiger partial charge in [-0.15, -0.1) is 0 Å². The van der Waals surface area contributed by atoms with Crippen molar-refractivity contribution in [2.45, 2.75) is 32.2 Å². The van der Waals surface area contributed by atoms with Gasteiger partial charge in [-0.2, -0.15) is 0 Å². The Kier molecular flexibility index (Phi) is 5.36. The Bertz CT molecular complexity index is 412. The molecule has 1 aromatic carbocycles. The summed E-state index contributed by atoms with van der Waals surface area (Å²) in [4.78, 5) is 12.9. The van der Waals surface area contributed by atoms with E-state index in [1.165, 1.54) is 5.56 Å². The first-order chi connectivity index (χ1) is 8.85. The topological polar surface area (TPSA) is 49.8 Å². The first kappa shape index (κ1) is 15.5. The van der Waals surface area contributed by atoms with Gasteiger partial charge < -0.3 is 14.7 Å². The third-order valence-corrected chi connectivity index (χ3v) is 3.51. The van der Waals surface area contributed by atoms with E-state index >= 15 is 0 Å². The molecule has 0 aliphatic heterocycles. The quantitative estimate of drug-likeness (QED) is 0.822. The molecule has 0 heterocycles. The average molecular weight is 265 g/mol.